The zero-order valence-electron chi connectivity index (χ0n) is 46.7. The van der Waals surface area contributed by atoms with Crippen molar-refractivity contribution >= 4 is 87.0 Å². The van der Waals surface area contributed by atoms with Crippen LogP contribution in [0.25, 0.3) is 149 Å². The lowest BCUT2D eigenvalue weighted by Crippen LogP contribution is -1.95. The van der Waals surface area contributed by atoms with Crippen LogP contribution in [-0.4, -0.2) is 13.7 Å². The van der Waals surface area contributed by atoms with Gasteiger partial charge in [-0.25, -0.2) is 0 Å². The Hall–Kier alpha value is -10.2. The molecule has 83 heavy (non-hydrogen) atoms. The zero-order chi connectivity index (χ0) is 55.1. The molecule has 0 radical (unpaired) electrons. The number of para-hydroxylation sites is 2. The Morgan fingerprint density at radius 1 is 0.217 bits per heavy atom. The van der Waals surface area contributed by atoms with E-state index in [4.69, 9.17) is 0 Å². The lowest BCUT2D eigenvalue weighted by Gasteiger charge is -2.18. The van der Waals surface area contributed by atoms with Gasteiger partial charge in [-0.2, -0.15) is 0 Å². The molecule has 0 aliphatic carbocycles. The van der Waals surface area contributed by atoms with Crippen molar-refractivity contribution < 1.29 is 0 Å². The first-order valence-corrected chi connectivity index (χ1v) is 29.5. The quantitative estimate of drug-likeness (QED) is 0.115. The first-order chi connectivity index (χ1) is 41.1. The van der Waals surface area contributed by atoms with Crippen molar-refractivity contribution in [2.24, 2.45) is 0 Å². The highest BCUT2D eigenvalue weighted by Gasteiger charge is 2.21. The van der Waals surface area contributed by atoms with Gasteiger partial charge in [0.15, 0.2) is 0 Å². The second-order valence-electron chi connectivity index (χ2n) is 22.6. The topological polar surface area (TPSA) is 14.8 Å². The SMILES string of the molecule is CCCc1ccc2c(c1)c1cc(-c3ccc4c(c3)c3cc(-c5ccc6c(c5)c5cc(CCC)ccc5n6-c5ccccc5)ccc3n4-c3ccc(-c4c5ccccc5c(-c5ccccc5)c5ccccc45)cc3)ccc1n2-c1ccccc1. The largest absolute Gasteiger partial charge is 0.309 e. The number of aryl methyl sites for hydroxylation is 2. The Morgan fingerprint density at radius 2 is 0.482 bits per heavy atom. The molecule has 16 rings (SSSR count). The minimum atomic E-state index is 1.06. The Labute approximate surface area is 483 Å². The van der Waals surface area contributed by atoms with E-state index in [0.717, 1.165) is 31.4 Å². The molecule has 0 amide bonds. The van der Waals surface area contributed by atoms with Crippen molar-refractivity contribution in [2.45, 2.75) is 39.5 Å². The number of hydrogen-bond acceptors (Lipinski definition) is 0. The van der Waals surface area contributed by atoms with Gasteiger partial charge in [-0.15, -0.1) is 0 Å². The van der Waals surface area contributed by atoms with Gasteiger partial charge in [0.05, 0.1) is 33.1 Å². The molecule has 13 aromatic carbocycles. The maximum Gasteiger partial charge on any atom is 0.0541 e. The van der Waals surface area contributed by atoms with Gasteiger partial charge in [0.25, 0.3) is 0 Å². The van der Waals surface area contributed by atoms with Crippen LogP contribution >= 0.6 is 0 Å². The van der Waals surface area contributed by atoms with Crippen LogP contribution in [0.5, 0.6) is 0 Å². The summed E-state index contributed by atoms with van der Waals surface area (Å²) in [6.07, 6.45) is 4.33. The molecular formula is C80H59N3. The zero-order valence-corrected chi connectivity index (χ0v) is 46.7. The van der Waals surface area contributed by atoms with E-state index < -0.39 is 0 Å². The van der Waals surface area contributed by atoms with Crippen LogP contribution in [0.4, 0.5) is 0 Å². The number of hydrogen-bond donors (Lipinski definition) is 0. The fourth-order valence-corrected chi connectivity index (χ4v) is 13.9. The highest BCUT2D eigenvalue weighted by molar-refractivity contribution is 6.22. The van der Waals surface area contributed by atoms with Gasteiger partial charge in [0, 0.05) is 49.4 Å². The molecule has 394 valence electrons. The van der Waals surface area contributed by atoms with Crippen LogP contribution in [-0.2, 0) is 12.8 Å². The average molecular weight is 1060 g/mol. The molecule has 3 nitrogen and oxygen atoms in total. The average Bonchev–Trinajstić information content (AvgIpc) is 4.32. The molecule has 0 aliphatic heterocycles. The maximum atomic E-state index is 2.48. The summed E-state index contributed by atoms with van der Waals surface area (Å²) in [5, 5.41) is 12.6. The standard InChI is InChI=1S/C80H59N3/c1-3-18-52-30-40-73-67(46-52)69-48-56(34-42-75(69)81(73)60-22-10-6-11-23-60)58-36-44-77-71(50-58)72-51-59(57-35-43-76-70(49-57)68-47-53(19-4-2)31-41-74(68)82(76)61-24-12-7-13-25-61)37-45-78(72)83(77)62-38-32-55(33-39-62)80-65-28-16-14-26-63(65)79(54-20-8-5-9-21-54)64-27-15-17-29-66(64)80/h5-17,20-51H,3-4,18-19H2,1-2H3. The van der Waals surface area contributed by atoms with E-state index in [0.29, 0.717) is 0 Å². The highest BCUT2D eigenvalue weighted by atomic mass is 15.0. The van der Waals surface area contributed by atoms with Gasteiger partial charge in [-0.05, 0) is 199 Å². The summed E-state index contributed by atoms with van der Waals surface area (Å²) >= 11 is 0. The Bertz CT molecular complexity index is 4910. The maximum absolute atomic E-state index is 2.48. The van der Waals surface area contributed by atoms with Crippen molar-refractivity contribution in [3.63, 3.8) is 0 Å². The molecule has 0 spiro atoms. The summed E-state index contributed by atoms with van der Waals surface area (Å²) in [7, 11) is 0. The number of rotatable bonds is 11. The van der Waals surface area contributed by atoms with Gasteiger partial charge in [0.2, 0.25) is 0 Å². The van der Waals surface area contributed by atoms with Crippen LogP contribution in [0, 0.1) is 0 Å². The third kappa shape index (κ3) is 7.94. The van der Waals surface area contributed by atoms with Gasteiger partial charge in [-0.1, -0.05) is 190 Å². The van der Waals surface area contributed by atoms with Crippen molar-refractivity contribution in [3.05, 3.63) is 284 Å². The van der Waals surface area contributed by atoms with E-state index in [1.165, 1.54) is 154 Å². The van der Waals surface area contributed by atoms with Crippen molar-refractivity contribution in [2.75, 3.05) is 0 Å². The first-order valence-electron chi connectivity index (χ1n) is 29.5. The summed E-state index contributed by atoms with van der Waals surface area (Å²) in [6, 6.07) is 102. The Balaban J connectivity index is 0.887. The molecule has 16 aromatic rings. The molecule has 0 aliphatic rings. The fourth-order valence-electron chi connectivity index (χ4n) is 13.9. The molecule has 3 heteroatoms. The molecule has 0 N–H and O–H groups in total. The summed E-state index contributed by atoms with van der Waals surface area (Å²) in [5.41, 5.74) is 23.2. The van der Waals surface area contributed by atoms with E-state index in [9.17, 15) is 0 Å². The monoisotopic (exact) mass is 1060 g/mol. The molecule has 3 aromatic heterocycles. The normalized spacial score (nSPS) is 11.9. The Morgan fingerprint density at radius 3 is 0.819 bits per heavy atom. The van der Waals surface area contributed by atoms with Gasteiger partial charge in [0.1, 0.15) is 0 Å². The van der Waals surface area contributed by atoms with Crippen LogP contribution in [0.2, 0.25) is 0 Å². The summed E-state index contributed by atoms with van der Waals surface area (Å²) < 4.78 is 7.34. The molecule has 0 saturated heterocycles. The Kier molecular flexibility index (Phi) is 11.6. The van der Waals surface area contributed by atoms with Gasteiger partial charge < -0.3 is 13.7 Å². The smallest absolute Gasteiger partial charge is 0.0541 e. The minimum absolute atomic E-state index is 1.06. The molecule has 0 atom stereocenters. The minimum Gasteiger partial charge on any atom is -0.309 e. The molecule has 0 unspecified atom stereocenters. The second-order valence-corrected chi connectivity index (χ2v) is 22.6. The molecule has 0 fully saturated rings. The van der Waals surface area contributed by atoms with E-state index in [2.05, 4.69) is 301 Å². The predicted octanol–water partition coefficient (Wildman–Crippen LogP) is 21.9. The lowest BCUT2D eigenvalue weighted by atomic mass is 9.86. The number of nitrogens with zero attached hydrogens (tertiary/aromatic N) is 3. The van der Waals surface area contributed by atoms with Crippen LogP contribution in [0.1, 0.15) is 37.8 Å². The molecule has 0 saturated carbocycles. The molecular weight excluding hydrogens is 1000 g/mol. The second kappa shape index (κ2) is 19.8. The van der Waals surface area contributed by atoms with Gasteiger partial charge in [-0.3, -0.25) is 0 Å². The van der Waals surface area contributed by atoms with E-state index in [-0.39, 0.29) is 0 Å². The summed E-state index contributed by atoms with van der Waals surface area (Å²) in [4.78, 5) is 0. The highest BCUT2D eigenvalue weighted by Crippen LogP contribution is 2.46. The third-order valence-electron chi connectivity index (χ3n) is 17.6. The van der Waals surface area contributed by atoms with E-state index in [1.807, 2.05) is 0 Å². The lowest BCUT2D eigenvalue weighted by molar-refractivity contribution is 0.923. The van der Waals surface area contributed by atoms with E-state index >= 15 is 0 Å². The van der Waals surface area contributed by atoms with Crippen molar-refractivity contribution in [1.82, 2.24) is 13.7 Å². The first kappa shape index (κ1) is 48.7. The summed E-state index contributed by atoms with van der Waals surface area (Å²) in [6.45, 7) is 4.53. The van der Waals surface area contributed by atoms with Crippen LogP contribution in [0.3, 0.4) is 0 Å². The van der Waals surface area contributed by atoms with Gasteiger partial charge >= 0.3 is 0 Å². The van der Waals surface area contributed by atoms with Crippen molar-refractivity contribution in [3.8, 4) is 61.6 Å². The van der Waals surface area contributed by atoms with Crippen LogP contribution in [0.15, 0.2) is 273 Å². The van der Waals surface area contributed by atoms with E-state index in [1.54, 1.807) is 0 Å². The number of aromatic nitrogens is 3. The molecule has 0 bridgehead atoms. The van der Waals surface area contributed by atoms with Crippen molar-refractivity contribution in [1.29, 1.82) is 0 Å². The number of fused-ring (bicyclic) bond motifs is 11. The predicted molar refractivity (Wildman–Crippen MR) is 354 cm³/mol. The third-order valence-corrected chi connectivity index (χ3v) is 17.6. The molecule has 3 heterocycles. The van der Waals surface area contributed by atoms with Crippen LogP contribution < -0.4 is 0 Å². The number of benzene rings is 13. The summed E-state index contributed by atoms with van der Waals surface area (Å²) in [5.74, 6) is 0. The fraction of sp³-hybridized carbons (Fsp3) is 0.0750.